The Morgan fingerprint density at radius 3 is 2.10 bits per heavy atom. The van der Waals surface area contributed by atoms with Gasteiger partial charge in [0.15, 0.2) is 0 Å². The van der Waals surface area contributed by atoms with Gasteiger partial charge in [0.1, 0.15) is 18.9 Å². The predicted molar refractivity (Wildman–Crippen MR) is 159 cm³/mol. The third-order valence-corrected chi connectivity index (χ3v) is 6.36. The maximum Gasteiger partial charge on any atom is 0.226 e. The van der Waals surface area contributed by atoms with E-state index in [9.17, 15) is 0 Å². The number of benzene rings is 3. The van der Waals surface area contributed by atoms with Gasteiger partial charge in [-0.05, 0) is 55.2 Å². The summed E-state index contributed by atoms with van der Waals surface area (Å²) in [5.41, 5.74) is 5.45. The molecular formula is C34H33N3O4. The molecule has 0 atom stereocenters. The second-order valence-electron chi connectivity index (χ2n) is 9.27. The van der Waals surface area contributed by atoms with E-state index in [1.54, 1.807) is 0 Å². The Labute approximate surface area is 240 Å². The molecule has 0 aliphatic rings. The molecule has 3 aromatic carbocycles. The van der Waals surface area contributed by atoms with Crippen LogP contribution in [-0.4, -0.2) is 34.3 Å². The molecule has 0 saturated carbocycles. The summed E-state index contributed by atoms with van der Waals surface area (Å²) in [6, 6.07) is 29.8. The normalized spacial score (nSPS) is 10.9. The molecule has 7 nitrogen and oxygen atoms in total. The minimum Gasteiger partial charge on any atom is -0.473 e. The van der Waals surface area contributed by atoms with Gasteiger partial charge < -0.3 is 18.9 Å². The quantitative estimate of drug-likeness (QED) is 0.138. The lowest BCUT2D eigenvalue weighted by atomic mass is 10.1. The molecule has 0 N–H and O–H groups in total. The highest BCUT2D eigenvalue weighted by Gasteiger charge is 2.18. The van der Waals surface area contributed by atoms with E-state index in [4.69, 9.17) is 29.0 Å². The summed E-state index contributed by atoms with van der Waals surface area (Å²) in [5.74, 6) is 7.18. The Kier molecular flexibility index (Phi) is 9.27. The van der Waals surface area contributed by atoms with Gasteiger partial charge in [0.05, 0.1) is 11.1 Å². The summed E-state index contributed by atoms with van der Waals surface area (Å²) < 4.78 is 25.2. The molecule has 0 saturated heterocycles. The van der Waals surface area contributed by atoms with Crippen LogP contribution in [0.5, 0.6) is 11.8 Å². The van der Waals surface area contributed by atoms with Crippen molar-refractivity contribution in [3.63, 3.8) is 0 Å². The summed E-state index contributed by atoms with van der Waals surface area (Å²) >= 11 is 0. The first kappa shape index (κ1) is 27.9. The summed E-state index contributed by atoms with van der Waals surface area (Å²) in [6.07, 6.45) is -0.555. The van der Waals surface area contributed by atoms with Crippen molar-refractivity contribution in [2.45, 2.75) is 33.4 Å². The van der Waals surface area contributed by atoms with Crippen molar-refractivity contribution in [3.05, 3.63) is 108 Å². The van der Waals surface area contributed by atoms with E-state index in [0.717, 1.165) is 38.9 Å². The van der Waals surface area contributed by atoms with E-state index in [1.807, 2.05) is 117 Å². The van der Waals surface area contributed by atoms with Crippen LogP contribution in [0.1, 0.15) is 30.5 Å². The lowest BCUT2D eigenvalue weighted by Crippen LogP contribution is -2.14. The summed E-state index contributed by atoms with van der Waals surface area (Å²) in [7, 11) is 1.92. The molecule has 0 radical (unpaired) electrons. The molecule has 0 spiro atoms. The van der Waals surface area contributed by atoms with Crippen LogP contribution in [0, 0.1) is 11.8 Å². The molecular weight excluding hydrogens is 514 g/mol. The number of rotatable bonds is 11. The van der Waals surface area contributed by atoms with Crippen molar-refractivity contribution in [1.29, 1.82) is 0 Å². The number of nitrogens with zero attached hydrogens (tertiary/aromatic N) is 3. The van der Waals surface area contributed by atoms with Crippen LogP contribution in [0.25, 0.3) is 22.2 Å². The summed E-state index contributed by atoms with van der Waals surface area (Å²) in [6.45, 7) is 5.69. The van der Waals surface area contributed by atoms with Crippen molar-refractivity contribution < 1.29 is 18.9 Å². The van der Waals surface area contributed by atoms with Crippen LogP contribution in [0.15, 0.2) is 91.0 Å². The van der Waals surface area contributed by atoms with Crippen molar-refractivity contribution in [2.75, 3.05) is 13.2 Å². The molecule has 0 fully saturated rings. The maximum atomic E-state index is 6.27. The number of aryl methyl sites for hydroxylation is 1. The van der Waals surface area contributed by atoms with Gasteiger partial charge >= 0.3 is 0 Å². The summed E-state index contributed by atoms with van der Waals surface area (Å²) in [5, 5.41) is 5.82. The maximum absolute atomic E-state index is 6.27. The van der Waals surface area contributed by atoms with E-state index < -0.39 is 6.29 Å². The van der Waals surface area contributed by atoms with Crippen LogP contribution in [0.4, 0.5) is 0 Å². The molecule has 208 valence electrons. The SMILES string of the molecule is CCOC(C#Cc1ccc2c(-c3ccc(OCc4ccccc4)nc3OCc3ccccc3)nn(C)c2c1)OCC. The average molecular weight is 548 g/mol. The van der Waals surface area contributed by atoms with E-state index >= 15 is 0 Å². The first-order chi connectivity index (χ1) is 20.1. The molecule has 41 heavy (non-hydrogen) atoms. The third-order valence-electron chi connectivity index (χ3n) is 6.36. The Morgan fingerprint density at radius 1 is 0.780 bits per heavy atom. The fourth-order valence-electron chi connectivity index (χ4n) is 4.36. The monoisotopic (exact) mass is 547 g/mol. The highest BCUT2D eigenvalue weighted by molar-refractivity contribution is 5.95. The second kappa shape index (κ2) is 13.6. The van der Waals surface area contributed by atoms with Gasteiger partial charge in [-0.3, -0.25) is 4.68 Å². The van der Waals surface area contributed by atoms with Crippen molar-refractivity contribution in [1.82, 2.24) is 14.8 Å². The number of fused-ring (bicyclic) bond motifs is 1. The number of ether oxygens (including phenoxy) is 4. The fourth-order valence-corrected chi connectivity index (χ4v) is 4.36. The molecule has 2 heterocycles. The molecule has 0 amide bonds. The second-order valence-corrected chi connectivity index (χ2v) is 9.27. The standard InChI is InChI=1S/C34H33N3O4/c1-4-38-32(39-5-2)21-17-25-16-18-28-30(22-25)37(3)36-33(28)29-19-20-31(40-23-26-12-8-6-9-13-26)35-34(29)41-24-27-14-10-7-11-15-27/h6-16,18-20,22,32H,4-5,23-24H2,1-3H3. The Hall–Kier alpha value is -4.64. The molecule has 5 rings (SSSR count). The molecule has 0 bridgehead atoms. The van der Waals surface area contributed by atoms with Gasteiger partial charge in [0.2, 0.25) is 18.1 Å². The van der Waals surface area contributed by atoms with Gasteiger partial charge in [-0.2, -0.15) is 10.1 Å². The zero-order valence-corrected chi connectivity index (χ0v) is 23.5. The first-order valence-electron chi connectivity index (χ1n) is 13.7. The van der Waals surface area contributed by atoms with Crippen molar-refractivity contribution in [3.8, 4) is 34.9 Å². The van der Waals surface area contributed by atoms with E-state index in [2.05, 4.69) is 11.8 Å². The highest BCUT2D eigenvalue weighted by atomic mass is 16.7. The molecule has 2 aromatic heterocycles. The average Bonchev–Trinajstić information content (AvgIpc) is 3.34. The number of hydrogen-bond donors (Lipinski definition) is 0. The molecule has 0 unspecified atom stereocenters. The Balaban J connectivity index is 1.47. The summed E-state index contributed by atoms with van der Waals surface area (Å²) in [4.78, 5) is 4.75. The van der Waals surface area contributed by atoms with Crippen LogP contribution < -0.4 is 9.47 Å². The molecule has 5 aromatic rings. The van der Waals surface area contributed by atoms with Gasteiger partial charge in [-0.1, -0.05) is 66.6 Å². The predicted octanol–water partition coefficient (Wildman–Crippen LogP) is 6.54. The van der Waals surface area contributed by atoms with E-state index in [0.29, 0.717) is 38.2 Å². The lowest BCUT2D eigenvalue weighted by molar-refractivity contribution is -0.0969. The molecule has 0 aliphatic carbocycles. The van der Waals surface area contributed by atoms with Gasteiger partial charge in [-0.15, -0.1) is 0 Å². The van der Waals surface area contributed by atoms with Gasteiger partial charge in [0, 0.05) is 37.3 Å². The van der Waals surface area contributed by atoms with E-state index in [1.165, 1.54) is 0 Å². The van der Waals surface area contributed by atoms with Crippen LogP contribution in [-0.2, 0) is 29.7 Å². The largest absolute Gasteiger partial charge is 0.473 e. The van der Waals surface area contributed by atoms with Gasteiger partial charge in [0.25, 0.3) is 0 Å². The Morgan fingerprint density at radius 2 is 1.44 bits per heavy atom. The lowest BCUT2D eigenvalue weighted by Gasteiger charge is -2.12. The van der Waals surface area contributed by atoms with Crippen molar-refractivity contribution in [2.24, 2.45) is 7.05 Å². The Bertz CT molecular complexity index is 1630. The molecule has 7 heteroatoms. The fraction of sp³-hybridized carbons (Fsp3) is 0.235. The number of pyridine rings is 1. The molecule has 0 aliphatic heterocycles. The van der Waals surface area contributed by atoms with Crippen LogP contribution >= 0.6 is 0 Å². The number of hydrogen-bond acceptors (Lipinski definition) is 6. The van der Waals surface area contributed by atoms with E-state index in [-0.39, 0.29) is 0 Å². The third kappa shape index (κ3) is 7.12. The van der Waals surface area contributed by atoms with Crippen LogP contribution in [0.3, 0.4) is 0 Å². The zero-order chi connectivity index (χ0) is 28.4. The zero-order valence-electron chi connectivity index (χ0n) is 23.5. The minimum absolute atomic E-state index is 0.369. The first-order valence-corrected chi connectivity index (χ1v) is 13.7. The van der Waals surface area contributed by atoms with Crippen LogP contribution in [0.2, 0.25) is 0 Å². The highest BCUT2D eigenvalue weighted by Crippen LogP contribution is 2.35. The minimum atomic E-state index is -0.555. The number of aromatic nitrogens is 3. The smallest absolute Gasteiger partial charge is 0.226 e. The topological polar surface area (TPSA) is 67.6 Å². The van der Waals surface area contributed by atoms with Gasteiger partial charge in [-0.25, -0.2) is 0 Å². The van der Waals surface area contributed by atoms with Crippen molar-refractivity contribution >= 4 is 10.9 Å².